The van der Waals surface area contributed by atoms with Crippen LogP contribution in [0.1, 0.15) is 19.3 Å². The van der Waals surface area contributed by atoms with E-state index in [4.69, 9.17) is 5.11 Å². The summed E-state index contributed by atoms with van der Waals surface area (Å²) < 4.78 is 0.863. The summed E-state index contributed by atoms with van der Waals surface area (Å²) >= 11 is 2.12. The summed E-state index contributed by atoms with van der Waals surface area (Å²) in [5.74, 6) is 0. The lowest BCUT2D eigenvalue weighted by Gasteiger charge is -2.39. The SMILES string of the molecule is O=[N+]([O-])c1ccc(N(CCO)C2CCC2)c(I)c1. The predicted octanol–water partition coefficient (Wildman–Crippen LogP) is 2.55. The lowest BCUT2D eigenvalue weighted by molar-refractivity contribution is -0.384. The number of nitrogens with zero attached hydrogens (tertiary/aromatic N) is 2. The van der Waals surface area contributed by atoms with Gasteiger partial charge in [-0.3, -0.25) is 10.1 Å². The Kier molecular flexibility index (Phi) is 4.39. The summed E-state index contributed by atoms with van der Waals surface area (Å²) in [6.07, 6.45) is 3.48. The zero-order chi connectivity index (χ0) is 13.1. The highest BCUT2D eigenvalue weighted by Gasteiger charge is 2.26. The first-order valence-corrected chi connectivity index (χ1v) is 7.03. The Hall–Kier alpha value is -0.890. The third-order valence-electron chi connectivity index (χ3n) is 3.31. The zero-order valence-electron chi connectivity index (χ0n) is 9.88. The second kappa shape index (κ2) is 5.83. The van der Waals surface area contributed by atoms with Crippen molar-refractivity contribution in [2.45, 2.75) is 25.3 Å². The van der Waals surface area contributed by atoms with Gasteiger partial charge in [-0.15, -0.1) is 0 Å². The molecule has 0 saturated heterocycles. The standard InChI is InChI=1S/C12H15IN2O3/c13-11-8-10(15(17)18)4-5-12(11)14(6-7-16)9-2-1-3-9/h4-5,8-9,16H,1-3,6-7H2. The van der Waals surface area contributed by atoms with Crippen molar-refractivity contribution in [2.24, 2.45) is 0 Å². The third kappa shape index (κ3) is 2.74. The van der Waals surface area contributed by atoms with Gasteiger partial charge in [-0.1, -0.05) is 0 Å². The Labute approximate surface area is 119 Å². The van der Waals surface area contributed by atoms with Crippen molar-refractivity contribution < 1.29 is 10.0 Å². The van der Waals surface area contributed by atoms with Gasteiger partial charge in [0.1, 0.15) is 0 Å². The quantitative estimate of drug-likeness (QED) is 0.497. The van der Waals surface area contributed by atoms with Crippen LogP contribution in [-0.2, 0) is 0 Å². The van der Waals surface area contributed by atoms with Crippen LogP contribution in [-0.4, -0.2) is 29.2 Å². The molecule has 1 N–H and O–H groups in total. The van der Waals surface area contributed by atoms with Crippen LogP contribution in [0.5, 0.6) is 0 Å². The van der Waals surface area contributed by atoms with Crippen molar-refractivity contribution in [1.29, 1.82) is 0 Å². The minimum absolute atomic E-state index is 0.101. The first-order valence-electron chi connectivity index (χ1n) is 5.95. The molecule has 0 spiro atoms. The average Bonchev–Trinajstić information content (AvgIpc) is 2.26. The molecule has 0 heterocycles. The van der Waals surface area contributed by atoms with Crippen molar-refractivity contribution >= 4 is 34.0 Å². The molecule has 1 saturated carbocycles. The highest BCUT2D eigenvalue weighted by Crippen LogP contribution is 2.33. The van der Waals surface area contributed by atoms with Crippen LogP contribution in [0.4, 0.5) is 11.4 Å². The van der Waals surface area contributed by atoms with E-state index in [1.807, 2.05) is 0 Å². The largest absolute Gasteiger partial charge is 0.395 e. The van der Waals surface area contributed by atoms with E-state index in [0.717, 1.165) is 22.1 Å². The normalized spacial score (nSPS) is 15.2. The third-order valence-corrected chi connectivity index (χ3v) is 4.17. The molecule has 6 heteroatoms. The molecule has 0 amide bonds. The van der Waals surface area contributed by atoms with Crippen LogP contribution in [0.3, 0.4) is 0 Å². The molecule has 2 rings (SSSR count). The summed E-state index contributed by atoms with van der Waals surface area (Å²) in [5.41, 5.74) is 1.10. The summed E-state index contributed by atoms with van der Waals surface area (Å²) in [6.45, 7) is 0.683. The Bertz CT molecular complexity index is 449. The molecule has 1 fully saturated rings. The molecule has 5 nitrogen and oxygen atoms in total. The van der Waals surface area contributed by atoms with Gasteiger partial charge in [0.15, 0.2) is 0 Å². The number of non-ortho nitro benzene ring substituents is 1. The molecular weight excluding hydrogens is 347 g/mol. The van der Waals surface area contributed by atoms with E-state index in [0.29, 0.717) is 12.6 Å². The number of aliphatic hydroxyl groups is 1. The van der Waals surface area contributed by atoms with Crippen molar-refractivity contribution in [3.8, 4) is 0 Å². The Morgan fingerprint density at radius 3 is 2.67 bits per heavy atom. The summed E-state index contributed by atoms with van der Waals surface area (Å²) in [4.78, 5) is 12.5. The van der Waals surface area contributed by atoms with Gasteiger partial charge in [0.05, 0.1) is 17.2 Å². The molecule has 1 aliphatic rings. The number of anilines is 1. The minimum atomic E-state index is -0.383. The summed E-state index contributed by atoms with van der Waals surface area (Å²) in [7, 11) is 0. The fourth-order valence-electron chi connectivity index (χ4n) is 2.15. The number of halogens is 1. The topological polar surface area (TPSA) is 66.6 Å². The number of hydrogen-bond acceptors (Lipinski definition) is 4. The van der Waals surface area contributed by atoms with Gasteiger partial charge in [0.25, 0.3) is 5.69 Å². The van der Waals surface area contributed by atoms with E-state index >= 15 is 0 Å². The molecule has 0 atom stereocenters. The van der Waals surface area contributed by atoms with Crippen molar-refractivity contribution in [3.63, 3.8) is 0 Å². The summed E-state index contributed by atoms with van der Waals surface area (Å²) in [5, 5.41) is 19.9. The fourth-order valence-corrected chi connectivity index (χ4v) is 2.96. The van der Waals surface area contributed by atoms with Crippen molar-refractivity contribution in [3.05, 3.63) is 31.9 Å². The molecule has 1 aliphatic carbocycles. The lowest BCUT2D eigenvalue weighted by Crippen LogP contribution is -2.42. The first-order chi connectivity index (χ1) is 8.63. The fraction of sp³-hybridized carbons (Fsp3) is 0.500. The molecule has 0 bridgehead atoms. The Morgan fingerprint density at radius 1 is 1.50 bits per heavy atom. The molecule has 1 aromatic carbocycles. The summed E-state index contributed by atoms with van der Waals surface area (Å²) in [6, 6.07) is 5.36. The van der Waals surface area contributed by atoms with Crippen molar-refractivity contribution in [1.82, 2.24) is 0 Å². The molecule has 0 unspecified atom stereocenters. The van der Waals surface area contributed by atoms with Gasteiger partial charge < -0.3 is 10.0 Å². The maximum Gasteiger partial charge on any atom is 0.270 e. The van der Waals surface area contributed by atoms with E-state index in [2.05, 4.69) is 27.5 Å². The van der Waals surface area contributed by atoms with Gasteiger partial charge in [0, 0.05) is 28.3 Å². The molecule has 0 aliphatic heterocycles. The smallest absolute Gasteiger partial charge is 0.270 e. The molecular formula is C12H15IN2O3. The Balaban J connectivity index is 2.26. The maximum atomic E-state index is 10.7. The number of nitro groups is 1. The predicted molar refractivity (Wildman–Crippen MR) is 77.9 cm³/mol. The lowest BCUT2D eigenvalue weighted by atomic mass is 9.91. The second-order valence-electron chi connectivity index (χ2n) is 4.39. The number of rotatable bonds is 5. The second-order valence-corrected chi connectivity index (χ2v) is 5.56. The first kappa shape index (κ1) is 13.5. The zero-order valence-corrected chi connectivity index (χ0v) is 12.0. The van der Waals surface area contributed by atoms with Crippen LogP contribution in [0.15, 0.2) is 18.2 Å². The Morgan fingerprint density at radius 2 is 2.22 bits per heavy atom. The highest BCUT2D eigenvalue weighted by atomic mass is 127. The number of aliphatic hydroxyl groups excluding tert-OH is 1. The van der Waals surface area contributed by atoms with Crippen LogP contribution < -0.4 is 4.90 Å². The molecule has 1 aromatic rings. The van der Waals surface area contributed by atoms with Gasteiger partial charge in [-0.05, 0) is 47.9 Å². The average molecular weight is 362 g/mol. The van der Waals surface area contributed by atoms with Crippen LogP contribution in [0, 0.1) is 13.7 Å². The monoisotopic (exact) mass is 362 g/mol. The van der Waals surface area contributed by atoms with Gasteiger partial charge >= 0.3 is 0 Å². The van der Waals surface area contributed by atoms with Gasteiger partial charge in [-0.25, -0.2) is 0 Å². The van der Waals surface area contributed by atoms with E-state index < -0.39 is 0 Å². The van der Waals surface area contributed by atoms with Gasteiger partial charge in [0.2, 0.25) is 0 Å². The minimum Gasteiger partial charge on any atom is -0.395 e. The van der Waals surface area contributed by atoms with E-state index in [-0.39, 0.29) is 17.2 Å². The van der Waals surface area contributed by atoms with Crippen LogP contribution >= 0.6 is 22.6 Å². The molecule has 0 radical (unpaired) electrons. The van der Waals surface area contributed by atoms with Crippen LogP contribution in [0.25, 0.3) is 0 Å². The number of hydrogen-bond donors (Lipinski definition) is 1. The number of nitro benzene ring substituents is 1. The van der Waals surface area contributed by atoms with E-state index in [1.54, 1.807) is 12.1 Å². The number of benzene rings is 1. The molecule has 98 valence electrons. The highest BCUT2D eigenvalue weighted by molar-refractivity contribution is 14.1. The molecule has 18 heavy (non-hydrogen) atoms. The van der Waals surface area contributed by atoms with Crippen molar-refractivity contribution in [2.75, 3.05) is 18.1 Å². The molecule has 0 aromatic heterocycles. The van der Waals surface area contributed by atoms with Crippen LogP contribution in [0.2, 0.25) is 0 Å². The van der Waals surface area contributed by atoms with Gasteiger partial charge in [-0.2, -0.15) is 0 Å². The van der Waals surface area contributed by atoms with E-state index in [1.165, 1.54) is 12.5 Å². The van der Waals surface area contributed by atoms with E-state index in [9.17, 15) is 10.1 Å². The maximum absolute atomic E-state index is 10.7.